The molecule has 0 aliphatic heterocycles. The van der Waals surface area contributed by atoms with Crippen LogP contribution in [-0.4, -0.2) is 31.6 Å². The Morgan fingerprint density at radius 3 is 2.47 bits per heavy atom. The van der Waals surface area contributed by atoms with E-state index in [1.54, 1.807) is 6.07 Å². The van der Waals surface area contributed by atoms with Crippen molar-refractivity contribution in [2.75, 3.05) is 26.7 Å². The van der Waals surface area contributed by atoms with Crippen LogP contribution in [0.2, 0.25) is 0 Å². The molecular formula is C14H21F3N2. The zero-order valence-electron chi connectivity index (χ0n) is 11.6. The molecule has 1 N–H and O–H groups in total. The van der Waals surface area contributed by atoms with Gasteiger partial charge in [0.15, 0.2) is 0 Å². The third-order valence-corrected chi connectivity index (χ3v) is 3.10. The van der Waals surface area contributed by atoms with Gasteiger partial charge in [-0.05, 0) is 37.8 Å². The Bertz CT molecular complexity index is 391. The highest BCUT2D eigenvalue weighted by Gasteiger charge is 2.30. The summed E-state index contributed by atoms with van der Waals surface area (Å²) in [7, 11) is 1.96. The fraction of sp³-hybridized carbons (Fsp3) is 0.571. The van der Waals surface area contributed by atoms with Crippen molar-refractivity contribution in [3.05, 3.63) is 35.4 Å². The fourth-order valence-electron chi connectivity index (χ4n) is 1.91. The Labute approximate surface area is 112 Å². The zero-order chi connectivity index (χ0) is 14.5. The maximum absolute atomic E-state index is 12.7. The quantitative estimate of drug-likeness (QED) is 0.856. The average Bonchev–Trinajstić information content (AvgIpc) is 2.37. The topological polar surface area (TPSA) is 15.3 Å². The molecule has 1 aromatic carbocycles. The molecule has 2 nitrogen and oxygen atoms in total. The van der Waals surface area contributed by atoms with Crippen LogP contribution in [0.1, 0.15) is 31.0 Å². The average molecular weight is 274 g/mol. The van der Waals surface area contributed by atoms with E-state index in [9.17, 15) is 13.2 Å². The largest absolute Gasteiger partial charge is 0.416 e. The van der Waals surface area contributed by atoms with E-state index in [4.69, 9.17) is 0 Å². The van der Waals surface area contributed by atoms with E-state index >= 15 is 0 Å². The molecule has 1 atom stereocenters. The number of halogens is 3. The number of likely N-dealkylation sites (N-methyl/N-ethyl adjacent to an activating group) is 2. The summed E-state index contributed by atoms with van der Waals surface area (Å²) >= 11 is 0. The molecule has 0 amide bonds. The highest BCUT2D eigenvalue weighted by Crippen LogP contribution is 2.30. The summed E-state index contributed by atoms with van der Waals surface area (Å²) in [5, 5.41) is 3.23. The van der Waals surface area contributed by atoms with Gasteiger partial charge in [-0.15, -0.1) is 0 Å². The van der Waals surface area contributed by atoms with Gasteiger partial charge in [-0.2, -0.15) is 13.2 Å². The predicted octanol–water partition coefficient (Wildman–Crippen LogP) is 3.31. The minimum Gasteiger partial charge on any atom is -0.309 e. The van der Waals surface area contributed by atoms with Crippen molar-refractivity contribution in [1.29, 1.82) is 0 Å². The summed E-state index contributed by atoms with van der Waals surface area (Å²) in [6.07, 6.45) is -4.29. The number of nitrogens with one attached hydrogen (secondary N) is 1. The molecule has 0 fully saturated rings. The second kappa shape index (κ2) is 6.91. The van der Waals surface area contributed by atoms with Gasteiger partial charge >= 0.3 is 6.18 Å². The Morgan fingerprint density at radius 2 is 1.95 bits per heavy atom. The molecule has 0 saturated heterocycles. The molecule has 0 radical (unpaired) electrons. The van der Waals surface area contributed by atoms with Gasteiger partial charge < -0.3 is 10.2 Å². The molecule has 1 aromatic rings. The molecule has 0 aromatic heterocycles. The van der Waals surface area contributed by atoms with E-state index in [0.717, 1.165) is 19.2 Å². The minimum atomic E-state index is -4.29. The van der Waals surface area contributed by atoms with Gasteiger partial charge in [0, 0.05) is 12.6 Å². The van der Waals surface area contributed by atoms with Crippen LogP contribution in [0.15, 0.2) is 24.3 Å². The first-order valence-corrected chi connectivity index (χ1v) is 6.47. The Hall–Kier alpha value is -1.07. The zero-order valence-corrected chi connectivity index (χ0v) is 11.6. The predicted molar refractivity (Wildman–Crippen MR) is 71.0 cm³/mol. The molecule has 0 aliphatic carbocycles. The van der Waals surface area contributed by atoms with Crippen LogP contribution in [0.25, 0.3) is 0 Å². The van der Waals surface area contributed by atoms with Crippen molar-refractivity contribution in [3.8, 4) is 0 Å². The second-order valence-electron chi connectivity index (χ2n) is 4.59. The number of hydrogen-bond acceptors (Lipinski definition) is 2. The van der Waals surface area contributed by atoms with Gasteiger partial charge in [0.05, 0.1) is 5.56 Å². The molecule has 1 rings (SSSR count). The van der Waals surface area contributed by atoms with Crippen molar-refractivity contribution >= 4 is 0 Å². The van der Waals surface area contributed by atoms with Gasteiger partial charge in [-0.3, -0.25) is 0 Å². The van der Waals surface area contributed by atoms with E-state index in [0.29, 0.717) is 12.1 Å². The summed E-state index contributed by atoms with van der Waals surface area (Å²) in [6, 6.07) is 5.46. The molecular weight excluding hydrogens is 253 g/mol. The smallest absolute Gasteiger partial charge is 0.309 e. The third kappa shape index (κ3) is 4.84. The number of alkyl halides is 3. The normalized spacial score (nSPS) is 13.8. The maximum Gasteiger partial charge on any atom is 0.416 e. The summed E-state index contributed by atoms with van der Waals surface area (Å²) in [5.74, 6) is 0. The van der Waals surface area contributed by atoms with Crippen LogP contribution < -0.4 is 5.32 Å². The lowest BCUT2D eigenvalue weighted by Crippen LogP contribution is -2.33. The Kier molecular flexibility index (Phi) is 5.82. The van der Waals surface area contributed by atoms with Gasteiger partial charge in [-0.25, -0.2) is 0 Å². The molecule has 0 aliphatic rings. The van der Waals surface area contributed by atoms with E-state index in [1.165, 1.54) is 12.1 Å². The summed E-state index contributed by atoms with van der Waals surface area (Å²) < 4.78 is 38.1. The molecule has 0 saturated carbocycles. The molecule has 0 heterocycles. The fourth-order valence-corrected chi connectivity index (χ4v) is 1.91. The van der Waals surface area contributed by atoms with Crippen molar-refractivity contribution in [1.82, 2.24) is 10.2 Å². The molecule has 19 heavy (non-hydrogen) atoms. The summed E-state index contributed by atoms with van der Waals surface area (Å²) in [4.78, 5) is 2.08. The lowest BCUT2D eigenvalue weighted by atomic mass is 10.0. The standard InChI is InChI=1S/C14H21F3N2/c1-4-18-13(10-19(3)5-2)11-7-6-8-12(9-11)14(15,16)17/h6-9,13,18H,4-5,10H2,1-3H3. The third-order valence-electron chi connectivity index (χ3n) is 3.10. The molecule has 1 unspecified atom stereocenters. The van der Waals surface area contributed by atoms with Crippen LogP contribution in [-0.2, 0) is 6.18 Å². The SMILES string of the molecule is CCNC(CN(C)CC)c1cccc(C(F)(F)F)c1. The van der Waals surface area contributed by atoms with Crippen molar-refractivity contribution in [2.24, 2.45) is 0 Å². The highest BCUT2D eigenvalue weighted by atomic mass is 19.4. The number of hydrogen-bond donors (Lipinski definition) is 1. The Balaban J connectivity index is 2.96. The van der Waals surface area contributed by atoms with E-state index in [-0.39, 0.29) is 6.04 Å². The minimum absolute atomic E-state index is 0.0859. The first-order chi connectivity index (χ1) is 8.88. The van der Waals surface area contributed by atoms with Crippen LogP contribution in [0.4, 0.5) is 13.2 Å². The first kappa shape index (κ1) is 16.0. The van der Waals surface area contributed by atoms with Gasteiger partial charge in [0.1, 0.15) is 0 Å². The van der Waals surface area contributed by atoms with Crippen LogP contribution >= 0.6 is 0 Å². The first-order valence-electron chi connectivity index (χ1n) is 6.47. The van der Waals surface area contributed by atoms with Gasteiger partial charge in [0.25, 0.3) is 0 Å². The summed E-state index contributed by atoms with van der Waals surface area (Å²) in [6.45, 7) is 6.24. The van der Waals surface area contributed by atoms with Crippen LogP contribution in [0.5, 0.6) is 0 Å². The van der Waals surface area contributed by atoms with Crippen LogP contribution in [0.3, 0.4) is 0 Å². The summed E-state index contributed by atoms with van der Waals surface area (Å²) in [5.41, 5.74) is 0.0871. The maximum atomic E-state index is 12.7. The van der Waals surface area contributed by atoms with Gasteiger partial charge in [0.2, 0.25) is 0 Å². The van der Waals surface area contributed by atoms with Gasteiger partial charge in [-0.1, -0.05) is 26.0 Å². The van der Waals surface area contributed by atoms with E-state index in [2.05, 4.69) is 10.2 Å². The number of nitrogens with zero attached hydrogens (tertiary/aromatic N) is 1. The van der Waals surface area contributed by atoms with E-state index < -0.39 is 11.7 Å². The number of benzene rings is 1. The lowest BCUT2D eigenvalue weighted by molar-refractivity contribution is -0.137. The highest BCUT2D eigenvalue weighted by molar-refractivity contribution is 5.28. The molecule has 5 heteroatoms. The number of rotatable bonds is 6. The molecule has 0 bridgehead atoms. The van der Waals surface area contributed by atoms with Crippen molar-refractivity contribution in [2.45, 2.75) is 26.1 Å². The molecule has 108 valence electrons. The monoisotopic (exact) mass is 274 g/mol. The van der Waals surface area contributed by atoms with Crippen LogP contribution in [0, 0.1) is 0 Å². The molecule has 0 spiro atoms. The van der Waals surface area contributed by atoms with Crippen molar-refractivity contribution in [3.63, 3.8) is 0 Å². The second-order valence-corrected chi connectivity index (χ2v) is 4.59. The van der Waals surface area contributed by atoms with Crippen molar-refractivity contribution < 1.29 is 13.2 Å². The Morgan fingerprint density at radius 1 is 1.26 bits per heavy atom. The lowest BCUT2D eigenvalue weighted by Gasteiger charge is -2.24. The van der Waals surface area contributed by atoms with E-state index in [1.807, 2.05) is 20.9 Å².